The third-order valence-corrected chi connectivity index (χ3v) is 8.10. The summed E-state index contributed by atoms with van der Waals surface area (Å²) in [4.78, 5) is 44.9. The third-order valence-electron chi connectivity index (χ3n) is 8.10. The van der Waals surface area contributed by atoms with Crippen molar-refractivity contribution in [2.24, 2.45) is 0 Å². The molecule has 4 aliphatic heterocycles. The van der Waals surface area contributed by atoms with Crippen molar-refractivity contribution >= 4 is 17.7 Å². The van der Waals surface area contributed by atoms with Gasteiger partial charge in [-0.15, -0.1) is 0 Å². The molecule has 220 valence electrons. The summed E-state index contributed by atoms with van der Waals surface area (Å²) in [5.74, 6) is -1.17. The second-order valence-electron chi connectivity index (χ2n) is 11.0. The molecule has 12 nitrogen and oxygen atoms in total. The summed E-state index contributed by atoms with van der Waals surface area (Å²) in [6, 6.07) is 5.26. The minimum atomic E-state index is -1.31. The number of benzene rings is 1. The Kier molecular flexibility index (Phi) is 8.98. The molecule has 0 aromatic heterocycles. The SMILES string of the molecule is COCC(=O)N1C[C@@H]2CN(CCO2)C(=O)[C@@H]2C[C@@H](CN2Cc2ccc(F)cc2)NC(=O)C[C@@H]2O[C@H](C1)[C@@H](O)[C@H]2O. The normalized spacial score (nSPS) is 33.8. The first-order valence-corrected chi connectivity index (χ1v) is 13.7. The maximum absolute atomic E-state index is 13.8. The van der Waals surface area contributed by atoms with E-state index >= 15 is 0 Å². The number of carbonyl (C=O) groups excluding carboxylic acids is 3. The predicted molar refractivity (Wildman–Crippen MR) is 137 cm³/mol. The van der Waals surface area contributed by atoms with Crippen LogP contribution in [0.15, 0.2) is 24.3 Å². The van der Waals surface area contributed by atoms with E-state index in [1.807, 2.05) is 4.90 Å². The third kappa shape index (κ3) is 6.45. The fourth-order valence-corrected chi connectivity index (χ4v) is 6.08. The minimum Gasteiger partial charge on any atom is -0.388 e. The molecule has 4 fully saturated rings. The molecule has 0 aliphatic carbocycles. The molecule has 0 unspecified atom stereocenters. The van der Waals surface area contributed by atoms with Crippen LogP contribution in [-0.2, 0) is 35.1 Å². The van der Waals surface area contributed by atoms with Crippen LogP contribution in [0.4, 0.5) is 4.39 Å². The van der Waals surface area contributed by atoms with E-state index in [1.165, 1.54) is 24.1 Å². The van der Waals surface area contributed by atoms with E-state index in [9.17, 15) is 29.0 Å². The predicted octanol–water partition coefficient (Wildman–Crippen LogP) is -1.52. The van der Waals surface area contributed by atoms with E-state index in [0.717, 1.165) is 5.56 Å². The van der Waals surface area contributed by atoms with Crippen LogP contribution in [0.2, 0.25) is 0 Å². The first-order valence-electron chi connectivity index (χ1n) is 13.7. The molecule has 0 saturated carbocycles. The number of methoxy groups -OCH3 is 1. The van der Waals surface area contributed by atoms with Gasteiger partial charge in [0.25, 0.3) is 0 Å². The van der Waals surface area contributed by atoms with Gasteiger partial charge in [0.05, 0.1) is 31.3 Å². The second kappa shape index (κ2) is 12.5. The van der Waals surface area contributed by atoms with Crippen molar-refractivity contribution in [2.75, 3.05) is 53.0 Å². The fourth-order valence-electron chi connectivity index (χ4n) is 6.08. The molecule has 3 amide bonds. The van der Waals surface area contributed by atoms with Crippen LogP contribution in [0.1, 0.15) is 18.4 Å². The molecule has 7 atom stereocenters. The molecule has 0 spiro atoms. The molecule has 13 heteroatoms. The average Bonchev–Trinajstić information content (AvgIpc) is 3.44. The summed E-state index contributed by atoms with van der Waals surface area (Å²) >= 11 is 0. The van der Waals surface area contributed by atoms with E-state index in [1.54, 1.807) is 17.0 Å². The molecule has 1 aromatic carbocycles. The van der Waals surface area contributed by atoms with Crippen LogP contribution >= 0.6 is 0 Å². The van der Waals surface area contributed by atoms with E-state index in [0.29, 0.717) is 26.1 Å². The highest BCUT2D eigenvalue weighted by Gasteiger charge is 2.46. The largest absolute Gasteiger partial charge is 0.388 e. The number of nitrogens with one attached hydrogen (secondary N) is 1. The Morgan fingerprint density at radius 1 is 1.10 bits per heavy atom. The van der Waals surface area contributed by atoms with Crippen molar-refractivity contribution < 1.29 is 43.2 Å². The number of hydrogen-bond donors (Lipinski definition) is 3. The van der Waals surface area contributed by atoms with E-state index in [-0.39, 0.29) is 68.8 Å². The van der Waals surface area contributed by atoms with Crippen LogP contribution in [-0.4, -0.2) is 138 Å². The van der Waals surface area contributed by atoms with Gasteiger partial charge in [0.15, 0.2) is 0 Å². The second-order valence-corrected chi connectivity index (χ2v) is 11.0. The smallest absolute Gasteiger partial charge is 0.248 e. The van der Waals surface area contributed by atoms with Gasteiger partial charge in [0, 0.05) is 52.4 Å². The van der Waals surface area contributed by atoms with E-state index in [4.69, 9.17) is 14.2 Å². The van der Waals surface area contributed by atoms with Crippen LogP contribution in [0.5, 0.6) is 0 Å². The highest BCUT2D eigenvalue weighted by molar-refractivity contribution is 5.83. The van der Waals surface area contributed by atoms with Crippen molar-refractivity contribution in [2.45, 2.75) is 62.0 Å². The van der Waals surface area contributed by atoms with Gasteiger partial charge in [0.2, 0.25) is 17.7 Å². The zero-order chi connectivity index (χ0) is 28.4. The van der Waals surface area contributed by atoms with Gasteiger partial charge in [-0.1, -0.05) is 12.1 Å². The number of nitrogens with zero attached hydrogens (tertiary/aromatic N) is 3. The molecule has 40 heavy (non-hydrogen) atoms. The van der Waals surface area contributed by atoms with Crippen molar-refractivity contribution in [3.05, 3.63) is 35.6 Å². The van der Waals surface area contributed by atoms with E-state index in [2.05, 4.69) is 5.32 Å². The summed E-state index contributed by atoms with van der Waals surface area (Å²) in [6.07, 6.45) is -4.75. The van der Waals surface area contributed by atoms with Crippen LogP contribution in [0, 0.1) is 5.82 Å². The number of rotatable bonds is 4. The summed E-state index contributed by atoms with van der Waals surface area (Å²) in [6.45, 7) is 1.63. The number of amides is 3. The fraction of sp³-hybridized carbons (Fsp3) is 0.667. The quantitative estimate of drug-likeness (QED) is 0.398. The Hall–Kier alpha value is -2.68. The zero-order valence-electron chi connectivity index (χ0n) is 22.5. The van der Waals surface area contributed by atoms with Gasteiger partial charge in [-0.3, -0.25) is 19.3 Å². The molecule has 4 aliphatic rings. The lowest BCUT2D eigenvalue weighted by atomic mass is 10.0. The summed E-state index contributed by atoms with van der Waals surface area (Å²) < 4.78 is 30.3. The first kappa shape index (κ1) is 28.8. The van der Waals surface area contributed by atoms with Gasteiger partial charge in [-0.2, -0.15) is 0 Å². The molecule has 6 bridgehead atoms. The molecule has 4 heterocycles. The molecule has 4 saturated heterocycles. The molecule has 1 aromatic rings. The van der Waals surface area contributed by atoms with Crippen molar-refractivity contribution in [1.29, 1.82) is 0 Å². The average molecular weight is 565 g/mol. The lowest BCUT2D eigenvalue weighted by Crippen LogP contribution is -2.55. The Balaban J connectivity index is 1.40. The monoisotopic (exact) mass is 564 g/mol. The maximum Gasteiger partial charge on any atom is 0.248 e. The number of aliphatic hydroxyl groups excluding tert-OH is 2. The number of morpholine rings is 1. The van der Waals surface area contributed by atoms with E-state index < -0.39 is 36.6 Å². The standard InChI is InChI=1S/C27H37FN4O8/c1-38-15-24(34)32-13-19-12-30(6-7-39-19)27(37)20-8-18(11-31(20)10-16-2-4-17(28)5-3-16)29-23(33)9-21-25(35)26(36)22(14-32)40-21/h2-5,18-22,25-26,35-36H,6-15H2,1H3,(H,29,33)/t18-,19-,20-,21-,22+,25-,26+/m0/s1. The summed E-state index contributed by atoms with van der Waals surface area (Å²) in [5, 5.41) is 24.3. The summed E-state index contributed by atoms with van der Waals surface area (Å²) in [7, 11) is 1.40. The van der Waals surface area contributed by atoms with Gasteiger partial charge in [-0.05, 0) is 24.1 Å². The van der Waals surface area contributed by atoms with Gasteiger partial charge in [-0.25, -0.2) is 4.39 Å². The summed E-state index contributed by atoms with van der Waals surface area (Å²) in [5.41, 5.74) is 0.840. The zero-order valence-corrected chi connectivity index (χ0v) is 22.5. The lowest BCUT2D eigenvalue weighted by Gasteiger charge is -2.38. The highest BCUT2D eigenvalue weighted by Crippen LogP contribution is 2.27. The Bertz CT molecular complexity index is 1080. The highest BCUT2D eigenvalue weighted by atomic mass is 19.1. The first-order chi connectivity index (χ1) is 19.2. The van der Waals surface area contributed by atoms with Gasteiger partial charge in [0.1, 0.15) is 30.7 Å². The van der Waals surface area contributed by atoms with Crippen molar-refractivity contribution in [3.8, 4) is 0 Å². The van der Waals surface area contributed by atoms with Crippen LogP contribution < -0.4 is 5.32 Å². The number of halogens is 1. The van der Waals surface area contributed by atoms with Gasteiger partial charge < -0.3 is 39.5 Å². The lowest BCUT2D eigenvalue weighted by molar-refractivity contribution is -0.148. The molecule has 0 radical (unpaired) electrons. The number of aliphatic hydroxyl groups is 2. The number of ether oxygens (including phenoxy) is 3. The van der Waals surface area contributed by atoms with Gasteiger partial charge >= 0.3 is 0 Å². The number of hydrogen-bond acceptors (Lipinski definition) is 9. The number of likely N-dealkylation sites (tertiary alicyclic amines) is 1. The van der Waals surface area contributed by atoms with Crippen molar-refractivity contribution in [1.82, 2.24) is 20.0 Å². The number of fused-ring (bicyclic) bond motifs is 6. The topological polar surface area (TPSA) is 141 Å². The maximum atomic E-state index is 13.8. The van der Waals surface area contributed by atoms with Crippen LogP contribution in [0.3, 0.4) is 0 Å². The Morgan fingerprint density at radius 3 is 2.60 bits per heavy atom. The molecule has 5 rings (SSSR count). The molecular formula is C27H37FN4O8. The molecule has 3 N–H and O–H groups in total. The van der Waals surface area contributed by atoms with Crippen LogP contribution in [0.25, 0.3) is 0 Å². The Morgan fingerprint density at radius 2 is 1.85 bits per heavy atom. The molecular weight excluding hydrogens is 527 g/mol. The Labute approximate surface area is 231 Å². The number of carbonyl (C=O) groups is 3. The minimum absolute atomic E-state index is 0.0386. The van der Waals surface area contributed by atoms with Crippen molar-refractivity contribution in [3.63, 3.8) is 0 Å².